The van der Waals surface area contributed by atoms with Gasteiger partial charge >= 0.3 is 0 Å². The molecule has 0 saturated carbocycles. The van der Waals surface area contributed by atoms with E-state index in [1.165, 1.54) is 12.1 Å². The summed E-state index contributed by atoms with van der Waals surface area (Å²) in [5.41, 5.74) is 5.04. The predicted molar refractivity (Wildman–Crippen MR) is 120 cm³/mol. The normalized spacial score (nSPS) is 11.9. The molecule has 0 aliphatic heterocycles. The maximum absolute atomic E-state index is 10.6. The first-order chi connectivity index (χ1) is 14.4. The van der Waals surface area contributed by atoms with Gasteiger partial charge in [-0.15, -0.1) is 0 Å². The molecule has 0 amide bonds. The van der Waals surface area contributed by atoms with Crippen LogP contribution in [0.1, 0.15) is 11.1 Å². The fourth-order valence-electron chi connectivity index (χ4n) is 4.12. The van der Waals surface area contributed by atoms with Crippen LogP contribution in [0.15, 0.2) is 30.5 Å². The fourth-order valence-corrected chi connectivity index (χ4v) is 4.12. The first-order valence-electron chi connectivity index (χ1n) is 10.1. The maximum atomic E-state index is 10.6. The average molecular weight is 409 g/mol. The molecular weight excluding hydrogens is 380 g/mol. The summed E-state index contributed by atoms with van der Waals surface area (Å²) < 4.78 is 0. The van der Waals surface area contributed by atoms with Crippen LogP contribution in [0.3, 0.4) is 0 Å². The number of hydrogen-bond donors (Lipinski definition) is 6. The highest BCUT2D eigenvalue weighted by atomic mass is 16.3. The molecular formula is C23H28N4O3. The van der Waals surface area contributed by atoms with Gasteiger partial charge in [0.15, 0.2) is 0 Å². The summed E-state index contributed by atoms with van der Waals surface area (Å²) in [6, 6.07) is 6.58. The van der Waals surface area contributed by atoms with Crippen molar-refractivity contribution in [2.24, 2.45) is 0 Å². The maximum Gasteiger partial charge on any atom is 0.139 e. The summed E-state index contributed by atoms with van der Waals surface area (Å²) >= 11 is 0. The number of fused-ring (bicyclic) bond motifs is 2. The van der Waals surface area contributed by atoms with E-state index in [2.05, 4.69) is 20.2 Å². The van der Waals surface area contributed by atoms with Crippen LogP contribution in [0.5, 0.6) is 17.2 Å². The van der Waals surface area contributed by atoms with E-state index >= 15 is 0 Å². The molecule has 0 saturated heterocycles. The number of rotatable bonds is 7. The van der Waals surface area contributed by atoms with E-state index in [9.17, 15) is 15.3 Å². The van der Waals surface area contributed by atoms with Gasteiger partial charge in [0, 0.05) is 29.1 Å². The summed E-state index contributed by atoms with van der Waals surface area (Å²) in [6.07, 6.45) is 3.41. The minimum Gasteiger partial charge on any atom is -0.507 e. The number of hydrogen-bond acceptors (Lipinski definition) is 5. The Labute approximate surface area is 175 Å². The van der Waals surface area contributed by atoms with E-state index in [-0.39, 0.29) is 17.2 Å². The molecule has 2 heterocycles. The monoisotopic (exact) mass is 408 g/mol. The second-order valence-corrected chi connectivity index (χ2v) is 7.94. The number of phenols is 3. The van der Waals surface area contributed by atoms with E-state index in [4.69, 9.17) is 0 Å². The third-order valence-corrected chi connectivity index (χ3v) is 5.63. The zero-order valence-corrected chi connectivity index (χ0v) is 17.5. The first-order valence-corrected chi connectivity index (χ1v) is 10.1. The van der Waals surface area contributed by atoms with E-state index in [0.29, 0.717) is 17.3 Å². The van der Waals surface area contributed by atoms with Gasteiger partial charge in [0.1, 0.15) is 17.2 Å². The third kappa shape index (κ3) is 3.36. The quantitative estimate of drug-likeness (QED) is 0.263. The van der Waals surface area contributed by atoms with Crippen molar-refractivity contribution in [2.45, 2.75) is 12.8 Å². The molecule has 0 atom stereocenters. The molecule has 0 bridgehead atoms. The molecule has 2 aromatic carbocycles. The van der Waals surface area contributed by atoms with Crippen LogP contribution in [-0.4, -0.2) is 64.4 Å². The smallest absolute Gasteiger partial charge is 0.139 e. The molecule has 158 valence electrons. The zero-order valence-electron chi connectivity index (χ0n) is 17.5. The van der Waals surface area contributed by atoms with Crippen LogP contribution >= 0.6 is 0 Å². The van der Waals surface area contributed by atoms with Crippen molar-refractivity contribution in [1.82, 2.24) is 20.2 Å². The van der Waals surface area contributed by atoms with Crippen LogP contribution in [0.2, 0.25) is 0 Å². The number of nitrogens with zero attached hydrogens (tertiary/aromatic N) is 1. The van der Waals surface area contributed by atoms with Gasteiger partial charge in [0.2, 0.25) is 0 Å². The Hall–Kier alpha value is -3.16. The van der Waals surface area contributed by atoms with Gasteiger partial charge in [-0.2, -0.15) is 0 Å². The van der Waals surface area contributed by atoms with Crippen molar-refractivity contribution < 1.29 is 15.3 Å². The van der Waals surface area contributed by atoms with Gasteiger partial charge in [-0.3, -0.25) is 0 Å². The SMILES string of the molecule is CNCCc1c[nH]c2c(-c3[nH]c4c(O)ccc(O)c4c3CCN(C)C)ccc(O)c12. The van der Waals surface area contributed by atoms with Crippen molar-refractivity contribution >= 4 is 21.8 Å². The van der Waals surface area contributed by atoms with Gasteiger partial charge in [0.25, 0.3) is 0 Å². The van der Waals surface area contributed by atoms with Crippen LogP contribution in [-0.2, 0) is 12.8 Å². The van der Waals surface area contributed by atoms with Crippen molar-refractivity contribution in [3.63, 3.8) is 0 Å². The molecule has 6 N–H and O–H groups in total. The number of aromatic amines is 2. The number of aromatic nitrogens is 2. The number of H-pyrrole nitrogens is 2. The van der Waals surface area contributed by atoms with Crippen molar-refractivity contribution in [2.75, 3.05) is 34.2 Å². The van der Waals surface area contributed by atoms with E-state index in [1.54, 1.807) is 6.07 Å². The molecule has 0 unspecified atom stereocenters. The number of benzene rings is 2. The Balaban J connectivity index is 1.97. The summed E-state index contributed by atoms with van der Waals surface area (Å²) in [7, 11) is 5.91. The van der Waals surface area contributed by atoms with Gasteiger partial charge in [-0.1, -0.05) is 0 Å². The van der Waals surface area contributed by atoms with Crippen LogP contribution in [0, 0.1) is 0 Å². The van der Waals surface area contributed by atoms with Gasteiger partial charge < -0.3 is 35.5 Å². The Bertz CT molecular complexity index is 1210. The van der Waals surface area contributed by atoms with Crippen LogP contribution in [0.4, 0.5) is 0 Å². The van der Waals surface area contributed by atoms with Gasteiger partial charge in [-0.25, -0.2) is 0 Å². The largest absolute Gasteiger partial charge is 0.507 e. The Kier molecular flexibility index (Phi) is 5.32. The highest BCUT2D eigenvalue weighted by Crippen LogP contribution is 2.43. The van der Waals surface area contributed by atoms with E-state index < -0.39 is 0 Å². The minimum absolute atomic E-state index is 0.0939. The molecule has 0 aliphatic rings. The van der Waals surface area contributed by atoms with E-state index in [1.807, 2.05) is 33.4 Å². The molecule has 7 heteroatoms. The standard InChI is InChI=1S/C23H28N4O3/c1-24-10-8-13-12-25-22-15(4-5-16(28)19(13)22)21-14(9-11-27(2)3)20-17(29)6-7-18(30)23(20)26-21/h4-7,12,24-26,28-30H,8-11H2,1-3H3. The topological polar surface area (TPSA) is 108 Å². The average Bonchev–Trinajstić information content (AvgIpc) is 3.31. The number of nitrogens with one attached hydrogen (secondary N) is 3. The molecule has 0 radical (unpaired) electrons. The van der Waals surface area contributed by atoms with E-state index in [0.717, 1.165) is 52.8 Å². The van der Waals surface area contributed by atoms with Crippen LogP contribution in [0.25, 0.3) is 33.1 Å². The van der Waals surface area contributed by atoms with Crippen molar-refractivity contribution in [3.05, 3.63) is 41.6 Å². The highest BCUT2D eigenvalue weighted by Gasteiger charge is 2.22. The number of aromatic hydroxyl groups is 3. The minimum atomic E-state index is 0.0939. The lowest BCUT2D eigenvalue weighted by atomic mass is 9.98. The third-order valence-electron chi connectivity index (χ3n) is 5.63. The second kappa shape index (κ2) is 7.93. The molecule has 2 aromatic heterocycles. The molecule has 0 aliphatic carbocycles. The summed E-state index contributed by atoms with van der Waals surface area (Å²) in [4.78, 5) is 8.75. The van der Waals surface area contributed by atoms with Gasteiger partial charge in [-0.05, 0) is 75.9 Å². The second-order valence-electron chi connectivity index (χ2n) is 7.94. The molecule has 7 nitrogen and oxygen atoms in total. The molecule has 30 heavy (non-hydrogen) atoms. The fraction of sp³-hybridized carbons (Fsp3) is 0.304. The lowest BCUT2D eigenvalue weighted by molar-refractivity contribution is 0.414. The van der Waals surface area contributed by atoms with Gasteiger partial charge in [0.05, 0.1) is 16.7 Å². The van der Waals surface area contributed by atoms with Crippen molar-refractivity contribution in [1.29, 1.82) is 0 Å². The molecule has 4 rings (SSSR count). The highest BCUT2D eigenvalue weighted by molar-refractivity contribution is 6.04. The summed E-state index contributed by atoms with van der Waals surface area (Å²) in [5, 5.41) is 36.1. The Morgan fingerprint density at radius 1 is 0.900 bits per heavy atom. The lowest BCUT2D eigenvalue weighted by Crippen LogP contribution is -2.15. The Morgan fingerprint density at radius 3 is 2.33 bits per heavy atom. The van der Waals surface area contributed by atoms with Crippen LogP contribution < -0.4 is 5.32 Å². The van der Waals surface area contributed by atoms with Crippen molar-refractivity contribution in [3.8, 4) is 28.5 Å². The Morgan fingerprint density at radius 2 is 1.60 bits per heavy atom. The summed E-state index contributed by atoms with van der Waals surface area (Å²) in [5.74, 6) is 0.462. The summed E-state index contributed by atoms with van der Waals surface area (Å²) in [6.45, 7) is 1.59. The molecule has 0 fully saturated rings. The first kappa shape index (κ1) is 20.1. The number of likely N-dealkylation sites (N-methyl/N-ethyl adjacent to an activating group) is 2. The molecule has 4 aromatic rings. The lowest BCUT2D eigenvalue weighted by Gasteiger charge is -2.12. The predicted octanol–water partition coefficient (Wildman–Crippen LogP) is 3.30. The number of phenolic OH excluding ortho intramolecular Hbond substituents is 3. The molecule has 0 spiro atoms. The zero-order chi connectivity index (χ0) is 21.4.